The molecule has 3 amide bonds. The molecule has 0 radical (unpaired) electrons. The van der Waals surface area contributed by atoms with E-state index in [2.05, 4.69) is 34.9 Å². The highest BCUT2D eigenvalue weighted by atomic mass is 32.2. The molecule has 1 aliphatic heterocycles. The fraction of sp³-hybridized carbons (Fsp3) is 0.310. The van der Waals surface area contributed by atoms with E-state index in [4.69, 9.17) is 0 Å². The molecule has 0 aromatic heterocycles. The van der Waals surface area contributed by atoms with Gasteiger partial charge in [-0.05, 0) is 66.8 Å². The van der Waals surface area contributed by atoms with Crippen LogP contribution in [0.2, 0.25) is 0 Å². The van der Waals surface area contributed by atoms with E-state index in [1.165, 1.54) is 5.56 Å². The molecule has 5 nitrogen and oxygen atoms in total. The summed E-state index contributed by atoms with van der Waals surface area (Å²) in [6.45, 7) is 1.45. The molecule has 1 fully saturated rings. The van der Waals surface area contributed by atoms with Crippen LogP contribution in [0.25, 0.3) is 0 Å². The number of piperidine rings is 1. The molecule has 3 aromatic carbocycles. The van der Waals surface area contributed by atoms with Crippen molar-refractivity contribution >= 4 is 29.4 Å². The summed E-state index contributed by atoms with van der Waals surface area (Å²) >= 11 is 1.65. The average Bonchev–Trinajstić information content (AvgIpc) is 2.90. The zero-order valence-corrected chi connectivity index (χ0v) is 21.0. The number of amides is 3. The zero-order valence-electron chi connectivity index (χ0n) is 20.2. The number of hydrogen-bond acceptors (Lipinski definition) is 3. The summed E-state index contributed by atoms with van der Waals surface area (Å²) in [6.07, 6.45) is 5.48. The predicted octanol–water partition coefficient (Wildman–Crippen LogP) is 5.62. The second-order valence-electron chi connectivity index (χ2n) is 9.03. The monoisotopic (exact) mass is 487 g/mol. The molecular formula is C29H33N3O2S. The summed E-state index contributed by atoms with van der Waals surface area (Å²) in [6, 6.07) is 27.1. The first-order valence-electron chi connectivity index (χ1n) is 12.2. The lowest BCUT2D eigenvalue weighted by molar-refractivity contribution is -0.134. The third-order valence-corrected chi connectivity index (χ3v) is 7.27. The number of nitrogens with zero attached hydrogens (tertiary/aromatic N) is 1. The highest BCUT2D eigenvalue weighted by Crippen LogP contribution is 2.23. The van der Waals surface area contributed by atoms with Crippen molar-refractivity contribution in [1.29, 1.82) is 0 Å². The number of carbonyl (C=O) groups is 2. The minimum atomic E-state index is -0.617. The third kappa shape index (κ3) is 7.36. The molecule has 0 bridgehead atoms. The van der Waals surface area contributed by atoms with Crippen LogP contribution in [0.15, 0.2) is 89.8 Å². The van der Waals surface area contributed by atoms with Crippen molar-refractivity contribution < 1.29 is 9.59 Å². The highest BCUT2D eigenvalue weighted by molar-refractivity contribution is 7.98. The summed E-state index contributed by atoms with van der Waals surface area (Å²) < 4.78 is 0. The Morgan fingerprint density at radius 3 is 2.09 bits per heavy atom. The summed E-state index contributed by atoms with van der Waals surface area (Å²) in [5, 5.41) is 5.82. The van der Waals surface area contributed by atoms with Gasteiger partial charge in [-0.1, -0.05) is 60.7 Å². The predicted molar refractivity (Wildman–Crippen MR) is 144 cm³/mol. The first kappa shape index (κ1) is 24.9. The van der Waals surface area contributed by atoms with Gasteiger partial charge in [-0.2, -0.15) is 0 Å². The number of carbonyl (C=O) groups excluding carboxylic acids is 2. The quantitative estimate of drug-likeness (QED) is 0.405. The number of nitrogens with one attached hydrogen (secondary N) is 2. The standard InChI is InChI=1S/C29H33N3O2S/c1-35-26-14-12-25(13-15-26)30-29(34)31-27(21-23-10-6-3-7-11-23)28(33)32-18-16-24(17-19-32)20-22-8-4-2-5-9-22/h2-15,24,27H,16-21H2,1H3,(H2,30,31,34). The SMILES string of the molecule is CSc1ccc(NC(=O)NC(Cc2ccccc2)C(=O)N2CCC(Cc3ccccc3)CC2)cc1. The van der Waals surface area contributed by atoms with E-state index in [0.29, 0.717) is 18.0 Å². The lowest BCUT2D eigenvalue weighted by atomic mass is 9.90. The number of hydrogen-bond donors (Lipinski definition) is 2. The van der Waals surface area contributed by atoms with Gasteiger partial charge in [-0.25, -0.2) is 4.79 Å². The lowest BCUT2D eigenvalue weighted by Crippen LogP contribution is -2.52. The Balaban J connectivity index is 1.38. The van der Waals surface area contributed by atoms with Crippen molar-refractivity contribution in [2.24, 2.45) is 5.92 Å². The maximum atomic E-state index is 13.5. The zero-order chi connectivity index (χ0) is 24.5. The smallest absolute Gasteiger partial charge is 0.319 e. The van der Waals surface area contributed by atoms with Crippen molar-refractivity contribution in [3.63, 3.8) is 0 Å². The van der Waals surface area contributed by atoms with E-state index in [-0.39, 0.29) is 11.9 Å². The Hall–Kier alpha value is -3.25. The molecule has 6 heteroatoms. The van der Waals surface area contributed by atoms with Crippen molar-refractivity contribution in [3.8, 4) is 0 Å². The van der Waals surface area contributed by atoms with E-state index >= 15 is 0 Å². The molecule has 4 rings (SSSR count). The van der Waals surface area contributed by atoms with Gasteiger partial charge in [-0.3, -0.25) is 4.79 Å². The molecule has 1 unspecified atom stereocenters. The van der Waals surface area contributed by atoms with Crippen LogP contribution in [0.5, 0.6) is 0 Å². The first-order chi connectivity index (χ1) is 17.1. The Labute approximate surface area is 212 Å². The Morgan fingerprint density at radius 2 is 1.49 bits per heavy atom. The molecule has 1 saturated heterocycles. The number of benzene rings is 3. The largest absolute Gasteiger partial charge is 0.341 e. The molecule has 0 saturated carbocycles. The molecule has 3 aromatic rings. The van der Waals surface area contributed by atoms with E-state index in [1.807, 2.05) is 71.8 Å². The van der Waals surface area contributed by atoms with Crippen LogP contribution in [0.1, 0.15) is 24.0 Å². The van der Waals surface area contributed by atoms with E-state index in [0.717, 1.165) is 42.8 Å². The van der Waals surface area contributed by atoms with E-state index < -0.39 is 6.04 Å². The van der Waals surface area contributed by atoms with Gasteiger partial charge in [0.15, 0.2) is 0 Å². The van der Waals surface area contributed by atoms with Gasteiger partial charge in [0.05, 0.1) is 0 Å². The van der Waals surface area contributed by atoms with Gasteiger partial charge in [0.2, 0.25) is 5.91 Å². The minimum Gasteiger partial charge on any atom is -0.341 e. The Kier molecular flexibility index (Phi) is 8.85. The van der Waals surface area contributed by atoms with Crippen LogP contribution in [-0.2, 0) is 17.6 Å². The van der Waals surface area contributed by atoms with Crippen LogP contribution >= 0.6 is 11.8 Å². The van der Waals surface area contributed by atoms with Crippen molar-refractivity contribution in [2.45, 2.75) is 36.6 Å². The lowest BCUT2D eigenvalue weighted by Gasteiger charge is -2.34. The second kappa shape index (κ2) is 12.5. The Morgan fingerprint density at radius 1 is 0.886 bits per heavy atom. The van der Waals surface area contributed by atoms with Gasteiger partial charge in [0.25, 0.3) is 0 Å². The van der Waals surface area contributed by atoms with Crippen molar-refractivity contribution in [2.75, 3.05) is 24.7 Å². The minimum absolute atomic E-state index is 0.0140. The summed E-state index contributed by atoms with van der Waals surface area (Å²) in [7, 11) is 0. The molecular weight excluding hydrogens is 454 g/mol. The number of rotatable bonds is 8. The molecule has 1 aliphatic rings. The average molecular weight is 488 g/mol. The molecule has 1 heterocycles. The van der Waals surface area contributed by atoms with E-state index in [9.17, 15) is 9.59 Å². The second-order valence-corrected chi connectivity index (χ2v) is 9.91. The van der Waals surface area contributed by atoms with Gasteiger partial charge >= 0.3 is 6.03 Å². The third-order valence-electron chi connectivity index (χ3n) is 6.53. The van der Waals surface area contributed by atoms with E-state index in [1.54, 1.807) is 11.8 Å². The molecule has 0 spiro atoms. The normalized spacial score (nSPS) is 14.8. The van der Waals surface area contributed by atoms with Crippen LogP contribution in [0.4, 0.5) is 10.5 Å². The first-order valence-corrected chi connectivity index (χ1v) is 13.4. The van der Waals surface area contributed by atoms with Gasteiger partial charge < -0.3 is 15.5 Å². The molecule has 1 atom stereocenters. The molecule has 2 N–H and O–H groups in total. The van der Waals surface area contributed by atoms with Crippen LogP contribution in [-0.4, -0.2) is 42.2 Å². The summed E-state index contributed by atoms with van der Waals surface area (Å²) in [5.41, 5.74) is 3.07. The van der Waals surface area contributed by atoms with Gasteiger partial charge in [0, 0.05) is 30.1 Å². The molecule has 35 heavy (non-hydrogen) atoms. The highest BCUT2D eigenvalue weighted by Gasteiger charge is 2.29. The number of likely N-dealkylation sites (tertiary alicyclic amines) is 1. The maximum absolute atomic E-state index is 13.5. The fourth-order valence-corrected chi connectivity index (χ4v) is 4.98. The van der Waals surface area contributed by atoms with Crippen molar-refractivity contribution in [1.82, 2.24) is 10.2 Å². The van der Waals surface area contributed by atoms with Gasteiger partial charge in [-0.15, -0.1) is 11.8 Å². The number of anilines is 1. The topological polar surface area (TPSA) is 61.4 Å². The molecule has 0 aliphatic carbocycles. The van der Waals surface area contributed by atoms with Crippen LogP contribution in [0, 0.1) is 5.92 Å². The fourth-order valence-electron chi connectivity index (χ4n) is 4.57. The van der Waals surface area contributed by atoms with Gasteiger partial charge in [0.1, 0.15) is 6.04 Å². The molecule has 182 valence electrons. The summed E-state index contributed by atoms with van der Waals surface area (Å²) in [5.74, 6) is 0.564. The van der Waals surface area contributed by atoms with Crippen molar-refractivity contribution in [3.05, 3.63) is 96.1 Å². The van der Waals surface area contributed by atoms with Crippen LogP contribution < -0.4 is 10.6 Å². The summed E-state index contributed by atoms with van der Waals surface area (Å²) in [4.78, 5) is 29.4. The number of urea groups is 1. The maximum Gasteiger partial charge on any atom is 0.319 e. The van der Waals surface area contributed by atoms with Crippen LogP contribution in [0.3, 0.4) is 0 Å². The number of thioether (sulfide) groups is 1. The Bertz CT molecular complexity index is 1080.